The summed E-state index contributed by atoms with van der Waals surface area (Å²) < 4.78 is 1.86. The van der Waals surface area contributed by atoms with Crippen LogP contribution < -0.4 is 10.2 Å². The molecule has 3 rings (SSSR count). The minimum absolute atomic E-state index is 0.179. The molecule has 0 atom stereocenters. The third kappa shape index (κ3) is 2.90. The molecule has 0 aliphatic heterocycles. The molecule has 0 aliphatic carbocycles. The second-order valence-electron chi connectivity index (χ2n) is 5.19. The van der Waals surface area contributed by atoms with Crippen molar-refractivity contribution in [2.45, 2.75) is 6.42 Å². The van der Waals surface area contributed by atoms with E-state index in [0.29, 0.717) is 13.0 Å². The summed E-state index contributed by atoms with van der Waals surface area (Å²) >= 11 is 1.51. The fourth-order valence-corrected chi connectivity index (χ4v) is 2.98. The molecule has 0 aliphatic rings. The average Bonchev–Trinajstić information content (AvgIpc) is 3.07. The minimum Gasteiger partial charge on any atom is -0.396 e. The van der Waals surface area contributed by atoms with E-state index in [9.17, 15) is 0 Å². The van der Waals surface area contributed by atoms with Crippen LogP contribution in [0.2, 0.25) is 0 Å². The third-order valence-corrected chi connectivity index (χ3v) is 4.24. The number of aliphatic hydroxyl groups excluding tert-OH is 1. The first-order valence-corrected chi connectivity index (χ1v) is 7.98. The Labute approximate surface area is 133 Å². The number of hydrogen-bond acceptors (Lipinski definition) is 6. The van der Waals surface area contributed by atoms with Gasteiger partial charge in [0.25, 0.3) is 0 Å². The van der Waals surface area contributed by atoms with Crippen LogP contribution in [-0.2, 0) is 0 Å². The lowest BCUT2D eigenvalue weighted by molar-refractivity contribution is 0.292. The van der Waals surface area contributed by atoms with Gasteiger partial charge >= 0.3 is 0 Å². The topological polar surface area (TPSA) is 65.7 Å². The van der Waals surface area contributed by atoms with Crippen LogP contribution in [0.3, 0.4) is 0 Å². The van der Waals surface area contributed by atoms with Gasteiger partial charge in [-0.1, -0.05) is 23.5 Å². The molecule has 2 aromatic heterocycles. The maximum absolute atomic E-state index is 8.83. The summed E-state index contributed by atoms with van der Waals surface area (Å²) in [7, 11) is 4.05. The number of nitrogens with zero attached hydrogens (tertiary/aromatic N) is 4. The van der Waals surface area contributed by atoms with Crippen molar-refractivity contribution in [3.8, 4) is 11.3 Å². The first kappa shape index (κ1) is 14.8. The predicted molar refractivity (Wildman–Crippen MR) is 90.8 cm³/mol. The number of aliphatic hydroxyl groups is 1. The molecule has 116 valence electrons. The summed E-state index contributed by atoms with van der Waals surface area (Å²) in [6, 6.07) is 8.30. The zero-order valence-corrected chi connectivity index (χ0v) is 13.5. The quantitative estimate of drug-likeness (QED) is 0.683. The maximum atomic E-state index is 8.83. The van der Waals surface area contributed by atoms with E-state index in [0.717, 1.165) is 27.0 Å². The lowest BCUT2D eigenvalue weighted by Crippen LogP contribution is -2.08. The molecule has 0 fully saturated rings. The second-order valence-corrected chi connectivity index (χ2v) is 6.15. The van der Waals surface area contributed by atoms with Gasteiger partial charge < -0.3 is 15.3 Å². The van der Waals surface area contributed by atoms with Crippen molar-refractivity contribution in [1.82, 2.24) is 14.6 Å². The zero-order chi connectivity index (χ0) is 15.5. The standard InChI is InChI=1S/C15H19N5OS/c1-19(2)12-6-3-5-11(9-12)13-10-17-15-20(13)18-14(22-15)16-7-4-8-21/h3,5-6,9-10,21H,4,7-8H2,1-2H3,(H,16,18). The van der Waals surface area contributed by atoms with Crippen LogP contribution in [0.5, 0.6) is 0 Å². The molecule has 1 aromatic carbocycles. The number of fused-ring (bicyclic) bond motifs is 1. The van der Waals surface area contributed by atoms with E-state index in [4.69, 9.17) is 5.11 Å². The molecule has 2 heterocycles. The molecule has 3 aromatic rings. The van der Waals surface area contributed by atoms with Crippen molar-refractivity contribution in [3.05, 3.63) is 30.5 Å². The summed E-state index contributed by atoms with van der Waals surface area (Å²) in [4.78, 5) is 7.37. The fraction of sp³-hybridized carbons (Fsp3) is 0.333. The minimum atomic E-state index is 0.179. The van der Waals surface area contributed by atoms with Crippen LogP contribution in [0.15, 0.2) is 30.5 Å². The summed E-state index contributed by atoms with van der Waals surface area (Å²) in [6.07, 6.45) is 2.56. The Morgan fingerprint density at radius 1 is 1.36 bits per heavy atom. The molecule has 0 radical (unpaired) electrons. The highest BCUT2D eigenvalue weighted by Gasteiger charge is 2.12. The van der Waals surface area contributed by atoms with Gasteiger partial charge in [-0.15, -0.1) is 5.10 Å². The molecular weight excluding hydrogens is 298 g/mol. The van der Waals surface area contributed by atoms with Gasteiger partial charge in [-0.05, 0) is 18.6 Å². The number of rotatable bonds is 6. The van der Waals surface area contributed by atoms with Crippen LogP contribution in [0.25, 0.3) is 16.2 Å². The van der Waals surface area contributed by atoms with Gasteiger partial charge in [0.2, 0.25) is 10.1 Å². The maximum Gasteiger partial charge on any atom is 0.214 e. The fourth-order valence-electron chi connectivity index (χ4n) is 2.18. The highest BCUT2D eigenvalue weighted by molar-refractivity contribution is 7.20. The zero-order valence-electron chi connectivity index (χ0n) is 12.7. The normalized spacial score (nSPS) is 11.0. The summed E-state index contributed by atoms with van der Waals surface area (Å²) in [5.41, 5.74) is 3.21. The van der Waals surface area contributed by atoms with E-state index in [2.05, 4.69) is 38.5 Å². The van der Waals surface area contributed by atoms with Gasteiger partial charge in [-0.2, -0.15) is 0 Å². The van der Waals surface area contributed by atoms with E-state index in [1.807, 2.05) is 30.9 Å². The van der Waals surface area contributed by atoms with Crippen molar-refractivity contribution in [1.29, 1.82) is 0 Å². The highest BCUT2D eigenvalue weighted by Crippen LogP contribution is 2.28. The van der Waals surface area contributed by atoms with Crippen molar-refractivity contribution < 1.29 is 5.11 Å². The number of benzene rings is 1. The van der Waals surface area contributed by atoms with Gasteiger partial charge in [0.1, 0.15) is 0 Å². The molecule has 0 saturated carbocycles. The molecule has 0 amide bonds. The second kappa shape index (κ2) is 6.33. The van der Waals surface area contributed by atoms with Crippen LogP contribution in [0.4, 0.5) is 10.8 Å². The van der Waals surface area contributed by atoms with E-state index in [1.54, 1.807) is 0 Å². The van der Waals surface area contributed by atoms with Crippen molar-refractivity contribution in [2.24, 2.45) is 0 Å². The Morgan fingerprint density at radius 2 is 2.23 bits per heavy atom. The van der Waals surface area contributed by atoms with E-state index in [1.165, 1.54) is 11.3 Å². The van der Waals surface area contributed by atoms with Gasteiger partial charge in [-0.3, -0.25) is 0 Å². The first-order valence-electron chi connectivity index (χ1n) is 7.16. The number of anilines is 2. The van der Waals surface area contributed by atoms with Gasteiger partial charge in [0.15, 0.2) is 0 Å². The van der Waals surface area contributed by atoms with Gasteiger partial charge in [0, 0.05) is 38.5 Å². The Bertz CT molecular complexity index is 764. The lowest BCUT2D eigenvalue weighted by atomic mass is 10.1. The van der Waals surface area contributed by atoms with Crippen molar-refractivity contribution >= 4 is 27.1 Å². The van der Waals surface area contributed by atoms with Crippen LogP contribution in [-0.4, -0.2) is 47.0 Å². The smallest absolute Gasteiger partial charge is 0.214 e. The number of aromatic nitrogens is 3. The van der Waals surface area contributed by atoms with Gasteiger partial charge in [-0.25, -0.2) is 9.50 Å². The molecule has 0 unspecified atom stereocenters. The lowest BCUT2D eigenvalue weighted by Gasteiger charge is -2.13. The predicted octanol–water partition coefficient (Wildman–Crippen LogP) is 2.32. The molecule has 22 heavy (non-hydrogen) atoms. The van der Waals surface area contributed by atoms with Crippen LogP contribution >= 0.6 is 11.3 Å². The van der Waals surface area contributed by atoms with E-state index in [-0.39, 0.29) is 6.61 Å². The highest BCUT2D eigenvalue weighted by atomic mass is 32.1. The van der Waals surface area contributed by atoms with Crippen molar-refractivity contribution in [2.75, 3.05) is 37.5 Å². The molecule has 7 heteroatoms. The number of hydrogen-bond donors (Lipinski definition) is 2. The van der Waals surface area contributed by atoms with Crippen molar-refractivity contribution in [3.63, 3.8) is 0 Å². The summed E-state index contributed by atoms with van der Waals surface area (Å²) in [5.74, 6) is 0. The Kier molecular flexibility index (Phi) is 4.26. The SMILES string of the molecule is CN(C)c1cccc(-c2cnc3sc(NCCCO)nn23)c1. The average molecular weight is 317 g/mol. The summed E-state index contributed by atoms with van der Waals surface area (Å²) in [5, 5.41) is 17.4. The number of nitrogens with one attached hydrogen (secondary N) is 1. The summed E-state index contributed by atoms with van der Waals surface area (Å²) in [6.45, 7) is 0.886. The van der Waals surface area contributed by atoms with Crippen LogP contribution in [0.1, 0.15) is 6.42 Å². The number of imidazole rings is 1. The molecule has 2 N–H and O–H groups in total. The van der Waals surface area contributed by atoms with E-state index < -0.39 is 0 Å². The Balaban J connectivity index is 1.92. The molecule has 6 nitrogen and oxygen atoms in total. The molecule has 0 bridgehead atoms. The molecule has 0 saturated heterocycles. The van der Waals surface area contributed by atoms with Crippen LogP contribution in [0, 0.1) is 0 Å². The molecule has 0 spiro atoms. The third-order valence-electron chi connectivity index (χ3n) is 3.35. The first-order chi connectivity index (χ1) is 10.7. The molecular formula is C15H19N5OS. The Hall–Kier alpha value is -2.12. The monoisotopic (exact) mass is 317 g/mol. The van der Waals surface area contributed by atoms with E-state index >= 15 is 0 Å². The van der Waals surface area contributed by atoms with Gasteiger partial charge in [0.05, 0.1) is 11.9 Å². The Morgan fingerprint density at radius 3 is 3.00 bits per heavy atom. The largest absolute Gasteiger partial charge is 0.396 e.